The average Bonchev–Trinajstić information content (AvgIpc) is 2.21. The van der Waals surface area contributed by atoms with Crippen LogP contribution in [-0.2, 0) is 0 Å². The first kappa shape index (κ1) is 9.64. The second-order valence-corrected chi connectivity index (χ2v) is 5.91. The van der Waals surface area contributed by atoms with Crippen molar-refractivity contribution in [3.8, 4) is 0 Å². The maximum atomic E-state index is 2.38. The van der Waals surface area contributed by atoms with E-state index < -0.39 is 0 Å². The van der Waals surface area contributed by atoms with Gasteiger partial charge in [0, 0.05) is 10.5 Å². The molecule has 1 unspecified atom stereocenters. The molecule has 1 atom stereocenters. The van der Waals surface area contributed by atoms with E-state index in [1.54, 1.807) is 0 Å². The molecule has 0 amide bonds. The van der Waals surface area contributed by atoms with Crippen molar-refractivity contribution < 1.29 is 0 Å². The Bertz CT molecular complexity index is 168. The van der Waals surface area contributed by atoms with Gasteiger partial charge < -0.3 is 0 Å². The fourth-order valence-electron chi connectivity index (χ4n) is 2.36. The van der Waals surface area contributed by atoms with Crippen LogP contribution in [0.3, 0.4) is 0 Å². The van der Waals surface area contributed by atoms with Crippen molar-refractivity contribution in [1.82, 2.24) is 0 Å². The molecule has 0 saturated heterocycles. The molecule has 0 aromatic carbocycles. The highest BCUT2D eigenvalue weighted by Gasteiger charge is 2.19. The van der Waals surface area contributed by atoms with Crippen LogP contribution >= 0.6 is 11.8 Å². The van der Waals surface area contributed by atoms with E-state index in [0.717, 1.165) is 10.5 Å². The van der Waals surface area contributed by atoms with Gasteiger partial charge in [-0.05, 0) is 32.1 Å². The summed E-state index contributed by atoms with van der Waals surface area (Å²) in [4.78, 5) is 0. The lowest BCUT2D eigenvalue weighted by atomic mass is 10.0. The normalized spacial score (nSPS) is 30.6. The molecular formula is C12H20S. The van der Waals surface area contributed by atoms with E-state index in [9.17, 15) is 0 Å². The summed E-state index contributed by atoms with van der Waals surface area (Å²) in [5, 5.41) is 1.96. The molecule has 1 saturated carbocycles. The van der Waals surface area contributed by atoms with Crippen molar-refractivity contribution >= 4 is 11.8 Å². The Morgan fingerprint density at radius 3 is 2.38 bits per heavy atom. The van der Waals surface area contributed by atoms with Crippen LogP contribution in [0.2, 0.25) is 0 Å². The number of allylic oxidation sites excluding steroid dienone is 2. The third-order valence-corrected chi connectivity index (χ3v) is 4.83. The highest BCUT2D eigenvalue weighted by molar-refractivity contribution is 8.00. The van der Waals surface area contributed by atoms with Crippen LogP contribution in [0.1, 0.15) is 51.4 Å². The molecule has 0 spiro atoms. The Hall–Kier alpha value is 0.0900. The van der Waals surface area contributed by atoms with Crippen LogP contribution in [0.15, 0.2) is 12.2 Å². The van der Waals surface area contributed by atoms with E-state index in [0.29, 0.717) is 0 Å². The zero-order valence-corrected chi connectivity index (χ0v) is 9.19. The maximum absolute atomic E-state index is 2.38. The zero-order valence-electron chi connectivity index (χ0n) is 8.37. The number of thioether (sulfide) groups is 1. The Balaban J connectivity index is 1.72. The molecule has 0 bridgehead atoms. The average molecular weight is 196 g/mol. The molecule has 74 valence electrons. The lowest BCUT2D eigenvalue weighted by Gasteiger charge is -2.26. The summed E-state index contributed by atoms with van der Waals surface area (Å²) in [5.41, 5.74) is 0. The third-order valence-electron chi connectivity index (χ3n) is 3.16. The molecule has 1 fully saturated rings. The molecule has 0 N–H and O–H groups in total. The summed E-state index contributed by atoms with van der Waals surface area (Å²) in [6.45, 7) is 0. The molecule has 1 heteroatoms. The summed E-state index contributed by atoms with van der Waals surface area (Å²) in [6.07, 6.45) is 16.3. The Kier molecular flexibility index (Phi) is 3.77. The van der Waals surface area contributed by atoms with Crippen molar-refractivity contribution in [2.24, 2.45) is 0 Å². The lowest BCUT2D eigenvalue weighted by Crippen LogP contribution is -2.15. The van der Waals surface area contributed by atoms with Gasteiger partial charge in [-0.1, -0.05) is 31.4 Å². The number of hydrogen-bond donors (Lipinski definition) is 0. The van der Waals surface area contributed by atoms with Crippen molar-refractivity contribution in [3.63, 3.8) is 0 Å². The zero-order chi connectivity index (χ0) is 8.93. The van der Waals surface area contributed by atoms with Gasteiger partial charge >= 0.3 is 0 Å². The monoisotopic (exact) mass is 196 g/mol. The molecule has 0 nitrogen and oxygen atoms in total. The fourth-order valence-corrected chi connectivity index (χ4v) is 4.01. The fraction of sp³-hybridized carbons (Fsp3) is 0.833. The minimum absolute atomic E-state index is 0.952. The number of rotatable bonds is 2. The topological polar surface area (TPSA) is 0 Å². The van der Waals surface area contributed by atoms with Crippen LogP contribution < -0.4 is 0 Å². The van der Waals surface area contributed by atoms with Gasteiger partial charge in [-0.25, -0.2) is 0 Å². The molecule has 13 heavy (non-hydrogen) atoms. The van der Waals surface area contributed by atoms with Gasteiger partial charge in [0.25, 0.3) is 0 Å². The molecule has 0 radical (unpaired) electrons. The standard InChI is InChI=1S/C12H20S/c1-3-7-11(8-4-1)13-12-9-5-2-6-10-12/h1,3,11-12H,2,4-10H2. The SMILES string of the molecule is C1=CCC(SC2CCCCC2)CC1. The smallest absolute Gasteiger partial charge is 0.00872 e. The van der Waals surface area contributed by atoms with Crippen LogP contribution in [-0.4, -0.2) is 10.5 Å². The van der Waals surface area contributed by atoms with Crippen molar-refractivity contribution in [1.29, 1.82) is 0 Å². The molecule has 2 aliphatic carbocycles. The van der Waals surface area contributed by atoms with E-state index >= 15 is 0 Å². The first-order valence-electron chi connectivity index (χ1n) is 5.75. The van der Waals surface area contributed by atoms with Crippen LogP contribution in [0, 0.1) is 0 Å². The maximum Gasteiger partial charge on any atom is 0.00872 e. The molecular weight excluding hydrogens is 176 g/mol. The largest absolute Gasteiger partial charge is 0.155 e. The molecule has 2 rings (SSSR count). The lowest BCUT2D eigenvalue weighted by molar-refractivity contribution is 0.513. The third kappa shape index (κ3) is 3.05. The second kappa shape index (κ2) is 5.09. The van der Waals surface area contributed by atoms with Gasteiger partial charge in [-0.2, -0.15) is 11.8 Å². The summed E-state index contributed by atoms with van der Waals surface area (Å²) in [5.74, 6) is 0. The summed E-state index contributed by atoms with van der Waals surface area (Å²) in [6, 6.07) is 0. The van der Waals surface area contributed by atoms with Gasteiger partial charge in [0.05, 0.1) is 0 Å². The first-order chi connectivity index (χ1) is 6.45. The minimum atomic E-state index is 0.952. The van der Waals surface area contributed by atoms with Crippen molar-refractivity contribution in [2.45, 2.75) is 61.9 Å². The van der Waals surface area contributed by atoms with E-state index in [1.807, 2.05) is 0 Å². The predicted molar refractivity (Wildman–Crippen MR) is 61.2 cm³/mol. The van der Waals surface area contributed by atoms with E-state index in [2.05, 4.69) is 23.9 Å². The molecule has 0 aromatic heterocycles. The quantitative estimate of drug-likeness (QED) is 0.598. The van der Waals surface area contributed by atoms with E-state index in [-0.39, 0.29) is 0 Å². The van der Waals surface area contributed by atoms with Gasteiger partial charge in [-0.15, -0.1) is 0 Å². The van der Waals surface area contributed by atoms with Crippen LogP contribution in [0.4, 0.5) is 0 Å². The summed E-state index contributed by atoms with van der Waals surface area (Å²) >= 11 is 2.29. The highest BCUT2D eigenvalue weighted by Crippen LogP contribution is 2.35. The Morgan fingerprint density at radius 1 is 0.846 bits per heavy atom. The summed E-state index contributed by atoms with van der Waals surface area (Å²) < 4.78 is 0. The summed E-state index contributed by atoms with van der Waals surface area (Å²) in [7, 11) is 0. The molecule has 0 aliphatic heterocycles. The first-order valence-corrected chi connectivity index (χ1v) is 6.70. The predicted octanol–water partition coefficient (Wildman–Crippen LogP) is 4.16. The molecule has 0 aromatic rings. The van der Waals surface area contributed by atoms with Crippen LogP contribution in [0.25, 0.3) is 0 Å². The second-order valence-electron chi connectivity index (χ2n) is 4.30. The van der Waals surface area contributed by atoms with Gasteiger partial charge in [-0.3, -0.25) is 0 Å². The van der Waals surface area contributed by atoms with Gasteiger partial charge in [0.15, 0.2) is 0 Å². The molecule has 2 aliphatic rings. The Labute approximate surface area is 86.2 Å². The van der Waals surface area contributed by atoms with Crippen molar-refractivity contribution in [3.05, 3.63) is 12.2 Å². The van der Waals surface area contributed by atoms with Crippen LogP contribution in [0.5, 0.6) is 0 Å². The van der Waals surface area contributed by atoms with Crippen molar-refractivity contribution in [2.75, 3.05) is 0 Å². The van der Waals surface area contributed by atoms with E-state index in [4.69, 9.17) is 0 Å². The minimum Gasteiger partial charge on any atom is -0.155 e. The van der Waals surface area contributed by atoms with Gasteiger partial charge in [0.2, 0.25) is 0 Å². The number of hydrogen-bond acceptors (Lipinski definition) is 1. The van der Waals surface area contributed by atoms with E-state index in [1.165, 1.54) is 51.4 Å². The molecule has 0 heterocycles. The highest BCUT2D eigenvalue weighted by atomic mass is 32.2. The van der Waals surface area contributed by atoms with Gasteiger partial charge in [0.1, 0.15) is 0 Å². The Morgan fingerprint density at radius 2 is 1.69 bits per heavy atom.